The summed E-state index contributed by atoms with van der Waals surface area (Å²) in [5.74, 6) is -1.55. The first kappa shape index (κ1) is 15.5. The second-order valence-corrected chi connectivity index (χ2v) is 5.72. The Balaban J connectivity index is 2.36. The van der Waals surface area contributed by atoms with Gasteiger partial charge in [0.15, 0.2) is 0 Å². The van der Waals surface area contributed by atoms with E-state index in [2.05, 4.69) is 21.2 Å². The lowest BCUT2D eigenvalue weighted by Crippen LogP contribution is -2.15. The van der Waals surface area contributed by atoms with Crippen LogP contribution in [0.15, 0.2) is 40.9 Å². The van der Waals surface area contributed by atoms with Crippen LogP contribution in [0.1, 0.15) is 26.3 Å². The molecule has 0 bridgehead atoms. The minimum Gasteiger partial charge on any atom is -0.478 e. The van der Waals surface area contributed by atoms with Gasteiger partial charge in [0.25, 0.3) is 5.91 Å². The third-order valence-electron chi connectivity index (χ3n) is 2.83. The van der Waals surface area contributed by atoms with Gasteiger partial charge in [-0.2, -0.15) is 0 Å². The fourth-order valence-corrected chi connectivity index (χ4v) is 2.40. The number of carboxylic acids is 1. The summed E-state index contributed by atoms with van der Waals surface area (Å²) in [5, 5.41) is 12.0. The smallest absolute Gasteiger partial charge is 0.337 e. The zero-order valence-corrected chi connectivity index (χ0v) is 13.3. The van der Waals surface area contributed by atoms with Crippen LogP contribution >= 0.6 is 27.5 Å². The van der Waals surface area contributed by atoms with E-state index < -0.39 is 11.9 Å². The van der Waals surface area contributed by atoms with Gasteiger partial charge < -0.3 is 10.4 Å². The van der Waals surface area contributed by atoms with E-state index in [1.54, 1.807) is 12.1 Å². The van der Waals surface area contributed by atoms with Crippen molar-refractivity contribution in [3.05, 3.63) is 62.6 Å². The number of benzene rings is 2. The first-order valence-electron chi connectivity index (χ1n) is 5.99. The van der Waals surface area contributed by atoms with Crippen molar-refractivity contribution in [3.8, 4) is 0 Å². The van der Waals surface area contributed by atoms with E-state index in [1.807, 2.05) is 13.0 Å². The second kappa shape index (κ2) is 6.28. The Hall–Kier alpha value is -1.85. The largest absolute Gasteiger partial charge is 0.478 e. The normalized spacial score (nSPS) is 10.2. The number of carbonyl (C=O) groups excluding carboxylic acids is 1. The topological polar surface area (TPSA) is 66.4 Å². The molecule has 0 aliphatic rings. The number of amides is 1. The van der Waals surface area contributed by atoms with Crippen LogP contribution in [0.25, 0.3) is 0 Å². The molecule has 4 nitrogen and oxygen atoms in total. The molecule has 21 heavy (non-hydrogen) atoms. The van der Waals surface area contributed by atoms with Crippen molar-refractivity contribution in [3.63, 3.8) is 0 Å². The molecule has 0 spiro atoms. The number of hydrogen-bond donors (Lipinski definition) is 2. The molecule has 0 saturated carbocycles. The third-order valence-corrected chi connectivity index (χ3v) is 3.75. The summed E-state index contributed by atoms with van der Waals surface area (Å²) in [6, 6.07) is 9.64. The first-order chi connectivity index (χ1) is 9.88. The van der Waals surface area contributed by atoms with Crippen molar-refractivity contribution in [1.29, 1.82) is 0 Å². The number of hydrogen-bond acceptors (Lipinski definition) is 2. The molecule has 0 atom stereocenters. The number of aromatic carboxylic acids is 1. The third kappa shape index (κ3) is 3.62. The number of halogens is 2. The van der Waals surface area contributed by atoms with Crippen LogP contribution in [-0.2, 0) is 0 Å². The van der Waals surface area contributed by atoms with Gasteiger partial charge in [-0.05, 0) is 53.2 Å². The molecule has 0 radical (unpaired) electrons. The molecular weight excluding hydrogens is 358 g/mol. The van der Waals surface area contributed by atoms with Crippen molar-refractivity contribution < 1.29 is 14.7 Å². The summed E-state index contributed by atoms with van der Waals surface area (Å²) in [6.07, 6.45) is 0. The summed E-state index contributed by atoms with van der Waals surface area (Å²) >= 11 is 9.08. The number of carbonyl (C=O) groups is 2. The molecule has 1 amide bonds. The maximum absolute atomic E-state index is 12.3. The Morgan fingerprint density at radius 2 is 1.86 bits per heavy atom. The predicted molar refractivity (Wildman–Crippen MR) is 85.2 cm³/mol. The molecule has 0 heterocycles. The summed E-state index contributed by atoms with van der Waals surface area (Å²) < 4.78 is 0.636. The van der Waals surface area contributed by atoms with Crippen molar-refractivity contribution in [1.82, 2.24) is 0 Å². The molecule has 0 aliphatic heterocycles. The molecule has 0 aromatic heterocycles. The molecule has 6 heteroatoms. The van der Waals surface area contributed by atoms with E-state index in [0.29, 0.717) is 15.1 Å². The van der Waals surface area contributed by atoms with E-state index in [-0.39, 0.29) is 11.3 Å². The van der Waals surface area contributed by atoms with Gasteiger partial charge in [-0.3, -0.25) is 4.79 Å². The fraction of sp³-hybridized carbons (Fsp3) is 0.0667. The van der Waals surface area contributed by atoms with E-state index in [1.165, 1.54) is 18.2 Å². The lowest BCUT2D eigenvalue weighted by molar-refractivity contribution is 0.0698. The minimum absolute atomic E-state index is 0.0559. The van der Waals surface area contributed by atoms with Crippen LogP contribution in [0.3, 0.4) is 0 Å². The first-order valence-corrected chi connectivity index (χ1v) is 7.16. The Bertz CT molecular complexity index is 731. The second-order valence-electron chi connectivity index (χ2n) is 4.43. The monoisotopic (exact) mass is 367 g/mol. The highest BCUT2D eigenvalue weighted by atomic mass is 79.9. The van der Waals surface area contributed by atoms with Gasteiger partial charge in [0.05, 0.1) is 16.8 Å². The number of nitrogens with one attached hydrogen (secondary N) is 1. The van der Waals surface area contributed by atoms with Gasteiger partial charge in [0, 0.05) is 9.50 Å². The molecule has 0 fully saturated rings. The molecule has 2 rings (SSSR count). The highest BCUT2D eigenvalue weighted by Crippen LogP contribution is 2.23. The predicted octanol–water partition coefficient (Wildman–Crippen LogP) is 4.36. The summed E-state index contributed by atoms with van der Waals surface area (Å²) in [4.78, 5) is 23.5. The summed E-state index contributed by atoms with van der Waals surface area (Å²) in [5.41, 5.74) is 1.50. The Kier molecular flexibility index (Phi) is 4.65. The molecule has 2 aromatic rings. The van der Waals surface area contributed by atoms with Crippen LogP contribution in [0, 0.1) is 6.92 Å². The average molecular weight is 369 g/mol. The zero-order chi connectivity index (χ0) is 15.6. The molecular formula is C15H11BrClNO3. The molecule has 2 aromatic carbocycles. The minimum atomic E-state index is -1.16. The van der Waals surface area contributed by atoms with Crippen molar-refractivity contribution in [2.75, 3.05) is 5.32 Å². The standard InChI is InChI=1S/C15H11BrClNO3/c1-8-2-4-12(16)10(6-8)14(19)18-13-5-3-9(17)7-11(13)15(20)21/h2-7H,1H3,(H,18,19)(H,20,21). The van der Waals surface area contributed by atoms with Crippen LogP contribution in [0.2, 0.25) is 5.02 Å². The van der Waals surface area contributed by atoms with Crippen molar-refractivity contribution in [2.24, 2.45) is 0 Å². The van der Waals surface area contributed by atoms with E-state index >= 15 is 0 Å². The lowest BCUT2D eigenvalue weighted by Gasteiger charge is -2.10. The van der Waals surface area contributed by atoms with E-state index in [4.69, 9.17) is 16.7 Å². The van der Waals surface area contributed by atoms with Crippen molar-refractivity contribution >= 4 is 45.1 Å². The number of aryl methyl sites for hydroxylation is 1. The molecule has 108 valence electrons. The number of carboxylic acid groups (broad SMARTS) is 1. The van der Waals surface area contributed by atoms with Gasteiger partial charge in [0.1, 0.15) is 0 Å². The SMILES string of the molecule is Cc1ccc(Br)c(C(=O)Nc2ccc(Cl)cc2C(=O)O)c1. The fourth-order valence-electron chi connectivity index (χ4n) is 1.81. The molecule has 2 N–H and O–H groups in total. The van der Waals surface area contributed by atoms with Crippen LogP contribution < -0.4 is 5.32 Å². The van der Waals surface area contributed by atoms with Crippen LogP contribution in [-0.4, -0.2) is 17.0 Å². The van der Waals surface area contributed by atoms with Crippen molar-refractivity contribution in [2.45, 2.75) is 6.92 Å². The van der Waals surface area contributed by atoms with Gasteiger partial charge >= 0.3 is 5.97 Å². The Morgan fingerprint density at radius 1 is 1.14 bits per heavy atom. The highest BCUT2D eigenvalue weighted by molar-refractivity contribution is 9.10. The molecule has 0 saturated heterocycles. The lowest BCUT2D eigenvalue weighted by atomic mass is 10.1. The van der Waals surface area contributed by atoms with Gasteiger partial charge in [-0.15, -0.1) is 0 Å². The van der Waals surface area contributed by atoms with E-state index in [9.17, 15) is 9.59 Å². The van der Waals surface area contributed by atoms with Gasteiger partial charge in [0.2, 0.25) is 0 Å². The number of anilines is 1. The van der Waals surface area contributed by atoms with Crippen LogP contribution in [0.5, 0.6) is 0 Å². The highest BCUT2D eigenvalue weighted by Gasteiger charge is 2.16. The van der Waals surface area contributed by atoms with Crippen LogP contribution in [0.4, 0.5) is 5.69 Å². The average Bonchev–Trinajstić information content (AvgIpc) is 2.43. The Labute approximate surface area is 134 Å². The maximum atomic E-state index is 12.3. The van der Waals surface area contributed by atoms with Gasteiger partial charge in [-0.1, -0.05) is 23.2 Å². The Morgan fingerprint density at radius 3 is 2.52 bits per heavy atom. The van der Waals surface area contributed by atoms with Gasteiger partial charge in [-0.25, -0.2) is 4.79 Å². The summed E-state index contributed by atoms with van der Waals surface area (Å²) in [6.45, 7) is 1.87. The quantitative estimate of drug-likeness (QED) is 0.846. The molecule has 0 unspecified atom stereocenters. The molecule has 0 aliphatic carbocycles. The number of rotatable bonds is 3. The zero-order valence-electron chi connectivity index (χ0n) is 11.0. The maximum Gasteiger partial charge on any atom is 0.337 e. The summed E-state index contributed by atoms with van der Waals surface area (Å²) in [7, 11) is 0. The van der Waals surface area contributed by atoms with E-state index in [0.717, 1.165) is 5.56 Å².